The second-order valence-corrected chi connectivity index (χ2v) is 5.10. The third-order valence-corrected chi connectivity index (χ3v) is 3.99. The van der Waals surface area contributed by atoms with E-state index in [0.29, 0.717) is 11.5 Å². The maximum absolute atomic E-state index is 2.58. The largest absolute Gasteiger partial charge is 0.366 e. The van der Waals surface area contributed by atoms with E-state index in [9.17, 15) is 0 Å². The van der Waals surface area contributed by atoms with Crippen molar-refractivity contribution in [3.8, 4) is 0 Å². The Labute approximate surface area is 93.1 Å². The van der Waals surface area contributed by atoms with Crippen LogP contribution >= 0.6 is 0 Å². The standard InChI is InChI=1S/C14H21N/c1-12(2)14(3)10-7-11-15(14)13-8-5-4-6-9-13/h4-6,8-9,12H,7,10-11H2,1-3H3. The van der Waals surface area contributed by atoms with Crippen molar-refractivity contribution < 1.29 is 0 Å². The van der Waals surface area contributed by atoms with Gasteiger partial charge in [-0.25, -0.2) is 0 Å². The average molecular weight is 203 g/mol. The lowest BCUT2D eigenvalue weighted by molar-refractivity contribution is 0.341. The molecule has 1 fully saturated rings. The third kappa shape index (κ3) is 1.75. The minimum Gasteiger partial charge on any atom is -0.366 e. The lowest BCUT2D eigenvalue weighted by Crippen LogP contribution is -2.45. The lowest BCUT2D eigenvalue weighted by atomic mass is 9.85. The first-order chi connectivity index (χ1) is 7.14. The summed E-state index contributed by atoms with van der Waals surface area (Å²) in [4.78, 5) is 2.58. The summed E-state index contributed by atoms with van der Waals surface area (Å²) in [5, 5.41) is 0. The van der Waals surface area contributed by atoms with E-state index in [1.165, 1.54) is 25.1 Å². The van der Waals surface area contributed by atoms with Gasteiger partial charge in [0, 0.05) is 17.8 Å². The maximum atomic E-state index is 2.58. The van der Waals surface area contributed by atoms with Gasteiger partial charge >= 0.3 is 0 Å². The summed E-state index contributed by atoms with van der Waals surface area (Å²) in [6.45, 7) is 8.28. The SMILES string of the molecule is CC(C)C1(C)CCCN1c1ccccc1. The number of anilines is 1. The molecule has 0 amide bonds. The molecule has 1 aromatic carbocycles. The Morgan fingerprint density at radius 1 is 1.20 bits per heavy atom. The second kappa shape index (κ2) is 3.88. The highest BCUT2D eigenvalue weighted by molar-refractivity contribution is 5.50. The molecule has 1 unspecified atom stereocenters. The van der Waals surface area contributed by atoms with Crippen LogP contribution in [0.5, 0.6) is 0 Å². The summed E-state index contributed by atoms with van der Waals surface area (Å²) in [6, 6.07) is 10.8. The number of hydrogen-bond donors (Lipinski definition) is 0. The van der Waals surface area contributed by atoms with Crippen molar-refractivity contribution >= 4 is 5.69 Å². The molecule has 0 aliphatic carbocycles. The minimum absolute atomic E-state index is 0.349. The summed E-state index contributed by atoms with van der Waals surface area (Å²) in [5.74, 6) is 0.709. The molecule has 1 atom stereocenters. The van der Waals surface area contributed by atoms with Gasteiger partial charge in [-0.15, -0.1) is 0 Å². The number of rotatable bonds is 2. The average Bonchev–Trinajstić information content (AvgIpc) is 2.63. The van der Waals surface area contributed by atoms with Crippen LogP contribution < -0.4 is 4.90 Å². The van der Waals surface area contributed by atoms with Gasteiger partial charge in [0.05, 0.1) is 0 Å². The van der Waals surface area contributed by atoms with Crippen molar-refractivity contribution in [3.05, 3.63) is 30.3 Å². The van der Waals surface area contributed by atoms with Crippen LogP contribution in [-0.4, -0.2) is 12.1 Å². The first kappa shape index (κ1) is 10.5. The van der Waals surface area contributed by atoms with Gasteiger partial charge in [0.2, 0.25) is 0 Å². The summed E-state index contributed by atoms with van der Waals surface area (Å²) in [5.41, 5.74) is 1.73. The molecule has 0 spiro atoms. The summed E-state index contributed by atoms with van der Waals surface area (Å²) in [6.07, 6.45) is 2.64. The zero-order chi connectivity index (χ0) is 10.9. The van der Waals surface area contributed by atoms with Crippen molar-refractivity contribution in [2.75, 3.05) is 11.4 Å². The Balaban J connectivity index is 2.30. The predicted molar refractivity (Wildman–Crippen MR) is 66.3 cm³/mol. The van der Waals surface area contributed by atoms with Gasteiger partial charge in [-0.2, -0.15) is 0 Å². The molecule has 1 nitrogen and oxygen atoms in total. The second-order valence-electron chi connectivity index (χ2n) is 5.10. The Morgan fingerprint density at radius 3 is 2.47 bits per heavy atom. The van der Waals surface area contributed by atoms with Gasteiger partial charge in [0.25, 0.3) is 0 Å². The molecule has 1 aliphatic rings. The molecule has 1 aliphatic heterocycles. The first-order valence-electron chi connectivity index (χ1n) is 5.97. The van der Waals surface area contributed by atoms with Crippen LogP contribution in [0.2, 0.25) is 0 Å². The van der Waals surface area contributed by atoms with Crippen molar-refractivity contribution in [3.63, 3.8) is 0 Å². The fourth-order valence-corrected chi connectivity index (χ4v) is 2.62. The number of hydrogen-bond acceptors (Lipinski definition) is 1. The van der Waals surface area contributed by atoms with E-state index in [1.807, 2.05) is 0 Å². The Bertz CT molecular complexity index is 317. The molecular weight excluding hydrogens is 182 g/mol. The van der Waals surface area contributed by atoms with Gasteiger partial charge in [0.1, 0.15) is 0 Å². The molecular formula is C14H21N. The molecule has 0 radical (unpaired) electrons. The van der Waals surface area contributed by atoms with E-state index in [-0.39, 0.29) is 0 Å². The maximum Gasteiger partial charge on any atom is 0.0397 e. The fourth-order valence-electron chi connectivity index (χ4n) is 2.62. The van der Waals surface area contributed by atoms with Gasteiger partial charge in [-0.3, -0.25) is 0 Å². The Kier molecular flexibility index (Phi) is 2.72. The van der Waals surface area contributed by atoms with Gasteiger partial charge in [-0.05, 0) is 37.8 Å². The number of nitrogens with zero attached hydrogens (tertiary/aromatic N) is 1. The zero-order valence-corrected chi connectivity index (χ0v) is 10.0. The molecule has 1 heterocycles. The van der Waals surface area contributed by atoms with Gasteiger partial charge in [-0.1, -0.05) is 32.0 Å². The highest BCUT2D eigenvalue weighted by Gasteiger charge is 2.38. The summed E-state index contributed by atoms with van der Waals surface area (Å²) < 4.78 is 0. The monoisotopic (exact) mass is 203 g/mol. The van der Waals surface area contributed by atoms with Crippen molar-refractivity contribution in [1.29, 1.82) is 0 Å². The molecule has 1 heteroatoms. The van der Waals surface area contributed by atoms with E-state index in [4.69, 9.17) is 0 Å². The molecule has 15 heavy (non-hydrogen) atoms. The van der Waals surface area contributed by atoms with E-state index >= 15 is 0 Å². The van der Waals surface area contributed by atoms with Crippen LogP contribution in [0.3, 0.4) is 0 Å². The topological polar surface area (TPSA) is 3.24 Å². The van der Waals surface area contributed by atoms with Crippen LogP contribution in [0.4, 0.5) is 5.69 Å². The quantitative estimate of drug-likeness (QED) is 0.708. The molecule has 0 saturated carbocycles. The van der Waals surface area contributed by atoms with Crippen LogP contribution in [0.25, 0.3) is 0 Å². The van der Waals surface area contributed by atoms with E-state index in [0.717, 1.165) is 0 Å². The Morgan fingerprint density at radius 2 is 1.87 bits per heavy atom. The predicted octanol–water partition coefficient (Wildman–Crippen LogP) is 3.70. The van der Waals surface area contributed by atoms with E-state index in [2.05, 4.69) is 56.0 Å². The highest BCUT2D eigenvalue weighted by atomic mass is 15.2. The fraction of sp³-hybridized carbons (Fsp3) is 0.571. The summed E-state index contributed by atoms with van der Waals surface area (Å²) in [7, 11) is 0. The third-order valence-electron chi connectivity index (χ3n) is 3.99. The van der Waals surface area contributed by atoms with Crippen molar-refractivity contribution in [2.45, 2.75) is 39.2 Å². The van der Waals surface area contributed by atoms with E-state index < -0.39 is 0 Å². The van der Waals surface area contributed by atoms with Crippen LogP contribution in [0.15, 0.2) is 30.3 Å². The first-order valence-corrected chi connectivity index (χ1v) is 5.97. The number of benzene rings is 1. The van der Waals surface area contributed by atoms with Crippen LogP contribution in [-0.2, 0) is 0 Å². The molecule has 0 bridgehead atoms. The normalized spacial score (nSPS) is 26.3. The van der Waals surface area contributed by atoms with Gasteiger partial charge in [0.15, 0.2) is 0 Å². The summed E-state index contributed by atoms with van der Waals surface area (Å²) >= 11 is 0. The van der Waals surface area contributed by atoms with Crippen LogP contribution in [0.1, 0.15) is 33.6 Å². The highest BCUT2D eigenvalue weighted by Crippen LogP contribution is 2.38. The molecule has 82 valence electrons. The Hall–Kier alpha value is -0.980. The molecule has 0 aromatic heterocycles. The zero-order valence-electron chi connectivity index (χ0n) is 10.0. The van der Waals surface area contributed by atoms with E-state index in [1.54, 1.807) is 0 Å². The number of para-hydroxylation sites is 1. The van der Waals surface area contributed by atoms with Crippen molar-refractivity contribution in [2.24, 2.45) is 5.92 Å². The smallest absolute Gasteiger partial charge is 0.0397 e. The van der Waals surface area contributed by atoms with Crippen molar-refractivity contribution in [1.82, 2.24) is 0 Å². The van der Waals surface area contributed by atoms with Gasteiger partial charge < -0.3 is 4.90 Å². The molecule has 2 rings (SSSR count). The van der Waals surface area contributed by atoms with Crippen LogP contribution in [0, 0.1) is 5.92 Å². The lowest BCUT2D eigenvalue weighted by Gasteiger charge is -2.40. The molecule has 0 N–H and O–H groups in total. The molecule has 1 saturated heterocycles. The molecule has 1 aromatic rings. The minimum atomic E-state index is 0.349.